The fraction of sp³-hybridized carbons (Fsp3) is 0.250. The van der Waals surface area contributed by atoms with Crippen LogP contribution in [0.5, 0.6) is 0 Å². The molecule has 0 aromatic heterocycles. The Hall–Kier alpha value is -1.57. The van der Waals surface area contributed by atoms with Gasteiger partial charge in [0, 0.05) is 6.92 Å². The summed E-state index contributed by atoms with van der Waals surface area (Å²) in [4.78, 5) is 11.0. The van der Waals surface area contributed by atoms with Gasteiger partial charge in [0.25, 0.3) is 0 Å². The summed E-state index contributed by atoms with van der Waals surface area (Å²) in [7, 11) is 0. The average molecular weight is 189 g/mol. The Morgan fingerprint density at radius 2 is 2.14 bits per heavy atom. The number of amides is 1. The van der Waals surface area contributed by atoms with Crippen molar-refractivity contribution in [3.05, 3.63) is 48.6 Å². The van der Waals surface area contributed by atoms with E-state index >= 15 is 0 Å². The third kappa shape index (κ3) is 3.05. The number of carbonyl (C=O) groups is 1. The predicted octanol–water partition coefficient (Wildman–Crippen LogP) is 2.44. The fourth-order valence-corrected chi connectivity index (χ4v) is 1.38. The molecule has 74 valence electrons. The summed E-state index contributed by atoms with van der Waals surface area (Å²) in [5.74, 6) is -0.0132. The van der Waals surface area contributed by atoms with Crippen molar-refractivity contribution in [2.45, 2.75) is 19.4 Å². The minimum atomic E-state index is -0.0132. The van der Waals surface area contributed by atoms with Crippen molar-refractivity contribution in [3.63, 3.8) is 0 Å². The molecular formula is C12H15NO. The highest BCUT2D eigenvalue weighted by atomic mass is 16.1. The highest BCUT2D eigenvalue weighted by molar-refractivity contribution is 5.73. The van der Waals surface area contributed by atoms with Crippen molar-refractivity contribution in [1.29, 1.82) is 0 Å². The van der Waals surface area contributed by atoms with Gasteiger partial charge in [-0.25, -0.2) is 0 Å². The van der Waals surface area contributed by atoms with Gasteiger partial charge in [0.1, 0.15) is 0 Å². The molecule has 1 atom stereocenters. The molecule has 0 aliphatic carbocycles. The quantitative estimate of drug-likeness (QED) is 0.724. The standard InChI is InChI=1S/C12H15NO/c1-3-7-12(13-10(2)14)11-8-5-4-6-9-11/h3-6,8-9,12H,1,7H2,2H3,(H,13,14). The third-order valence-electron chi connectivity index (χ3n) is 1.98. The van der Waals surface area contributed by atoms with Crippen LogP contribution in [0.25, 0.3) is 0 Å². The Balaban J connectivity index is 2.77. The van der Waals surface area contributed by atoms with Crippen molar-refractivity contribution in [2.75, 3.05) is 0 Å². The van der Waals surface area contributed by atoms with Crippen LogP contribution in [-0.2, 0) is 4.79 Å². The molecule has 0 saturated carbocycles. The van der Waals surface area contributed by atoms with Crippen molar-refractivity contribution in [2.24, 2.45) is 0 Å². The summed E-state index contributed by atoms with van der Waals surface area (Å²) in [6, 6.07) is 9.95. The Morgan fingerprint density at radius 1 is 1.50 bits per heavy atom. The molecule has 0 radical (unpaired) electrons. The summed E-state index contributed by atoms with van der Waals surface area (Å²) < 4.78 is 0. The predicted molar refractivity (Wildman–Crippen MR) is 57.8 cm³/mol. The monoisotopic (exact) mass is 189 g/mol. The fourth-order valence-electron chi connectivity index (χ4n) is 1.38. The summed E-state index contributed by atoms with van der Waals surface area (Å²) in [5.41, 5.74) is 1.11. The molecule has 1 rings (SSSR count). The van der Waals surface area contributed by atoms with Crippen LogP contribution in [0.3, 0.4) is 0 Å². The zero-order valence-electron chi connectivity index (χ0n) is 8.36. The first-order valence-electron chi connectivity index (χ1n) is 4.67. The van der Waals surface area contributed by atoms with Gasteiger partial charge in [-0.1, -0.05) is 36.4 Å². The van der Waals surface area contributed by atoms with E-state index in [1.165, 1.54) is 6.92 Å². The normalized spacial score (nSPS) is 11.8. The molecule has 0 aliphatic rings. The van der Waals surface area contributed by atoms with Gasteiger partial charge in [0.15, 0.2) is 0 Å². The molecule has 1 N–H and O–H groups in total. The van der Waals surface area contributed by atoms with E-state index in [9.17, 15) is 4.79 Å². The van der Waals surface area contributed by atoms with Gasteiger partial charge in [-0.15, -0.1) is 6.58 Å². The van der Waals surface area contributed by atoms with Crippen LogP contribution in [-0.4, -0.2) is 5.91 Å². The van der Waals surface area contributed by atoms with Crippen LogP contribution >= 0.6 is 0 Å². The van der Waals surface area contributed by atoms with Crippen LogP contribution in [0.4, 0.5) is 0 Å². The minimum Gasteiger partial charge on any atom is -0.349 e. The van der Waals surface area contributed by atoms with Crippen LogP contribution in [0, 0.1) is 0 Å². The highest BCUT2D eigenvalue weighted by Crippen LogP contribution is 2.16. The number of carbonyl (C=O) groups excluding carboxylic acids is 1. The Kier molecular flexibility index (Phi) is 3.92. The molecule has 0 heterocycles. The lowest BCUT2D eigenvalue weighted by Crippen LogP contribution is -2.25. The number of rotatable bonds is 4. The Bertz CT molecular complexity index is 305. The smallest absolute Gasteiger partial charge is 0.217 e. The molecular weight excluding hydrogens is 174 g/mol. The highest BCUT2D eigenvalue weighted by Gasteiger charge is 2.09. The third-order valence-corrected chi connectivity index (χ3v) is 1.98. The topological polar surface area (TPSA) is 29.1 Å². The second kappa shape index (κ2) is 5.22. The van der Waals surface area contributed by atoms with Gasteiger partial charge < -0.3 is 5.32 Å². The van der Waals surface area contributed by atoms with E-state index in [0.717, 1.165) is 12.0 Å². The number of hydrogen-bond donors (Lipinski definition) is 1. The second-order valence-corrected chi connectivity index (χ2v) is 3.19. The van der Waals surface area contributed by atoms with Gasteiger partial charge in [-0.3, -0.25) is 4.79 Å². The molecule has 2 nitrogen and oxygen atoms in total. The molecule has 0 fully saturated rings. The maximum atomic E-state index is 11.0. The van der Waals surface area contributed by atoms with Crippen molar-refractivity contribution < 1.29 is 4.79 Å². The van der Waals surface area contributed by atoms with E-state index in [1.54, 1.807) is 0 Å². The van der Waals surface area contributed by atoms with Crippen LogP contribution < -0.4 is 5.32 Å². The zero-order chi connectivity index (χ0) is 10.4. The molecule has 2 heteroatoms. The van der Waals surface area contributed by atoms with Crippen LogP contribution in [0.2, 0.25) is 0 Å². The van der Waals surface area contributed by atoms with Gasteiger partial charge >= 0.3 is 0 Å². The number of benzene rings is 1. The maximum absolute atomic E-state index is 11.0. The van der Waals surface area contributed by atoms with Gasteiger partial charge in [-0.2, -0.15) is 0 Å². The second-order valence-electron chi connectivity index (χ2n) is 3.19. The van der Waals surface area contributed by atoms with E-state index < -0.39 is 0 Å². The molecule has 0 bridgehead atoms. The minimum absolute atomic E-state index is 0.0132. The first-order valence-corrected chi connectivity index (χ1v) is 4.67. The largest absolute Gasteiger partial charge is 0.349 e. The van der Waals surface area contributed by atoms with E-state index in [2.05, 4.69) is 11.9 Å². The first kappa shape index (κ1) is 10.5. The molecule has 0 spiro atoms. The lowest BCUT2D eigenvalue weighted by atomic mass is 10.0. The van der Waals surface area contributed by atoms with Gasteiger partial charge in [0.05, 0.1) is 6.04 Å². The lowest BCUT2D eigenvalue weighted by Gasteiger charge is -2.16. The lowest BCUT2D eigenvalue weighted by molar-refractivity contribution is -0.119. The first-order chi connectivity index (χ1) is 6.74. The number of nitrogens with one attached hydrogen (secondary N) is 1. The van der Waals surface area contributed by atoms with E-state index in [0.29, 0.717) is 0 Å². The molecule has 0 saturated heterocycles. The Labute approximate surface area is 84.6 Å². The van der Waals surface area contributed by atoms with Gasteiger partial charge in [-0.05, 0) is 12.0 Å². The van der Waals surface area contributed by atoms with Crippen LogP contribution in [0.15, 0.2) is 43.0 Å². The molecule has 1 amide bonds. The summed E-state index contributed by atoms with van der Waals surface area (Å²) in [6.45, 7) is 5.21. The van der Waals surface area contributed by atoms with Crippen molar-refractivity contribution in [1.82, 2.24) is 5.32 Å². The molecule has 1 unspecified atom stereocenters. The van der Waals surface area contributed by atoms with Crippen molar-refractivity contribution in [3.8, 4) is 0 Å². The Morgan fingerprint density at radius 3 is 2.64 bits per heavy atom. The maximum Gasteiger partial charge on any atom is 0.217 e. The van der Waals surface area contributed by atoms with Gasteiger partial charge in [0.2, 0.25) is 5.91 Å². The van der Waals surface area contributed by atoms with E-state index in [1.807, 2.05) is 36.4 Å². The molecule has 0 aliphatic heterocycles. The van der Waals surface area contributed by atoms with Crippen LogP contribution in [0.1, 0.15) is 24.9 Å². The molecule has 1 aromatic carbocycles. The summed E-state index contributed by atoms with van der Waals surface area (Å²) in [6.07, 6.45) is 2.57. The van der Waals surface area contributed by atoms with Crippen molar-refractivity contribution >= 4 is 5.91 Å². The average Bonchev–Trinajstić information content (AvgIpc) is 2.18. The summed E-state index contributed by atoms with van der Waals surface area (Å²) in [5, 5.41) is 2.89. The zero-order valence-corrected chi connectivity index (χ0v) is 8.36. The molecule has 1 aromatic rings. The summed E-state index contributed by atoms with van der Waals surface area (Å²) >= 11 is 0. The number of hydrogen-bond acceptors (Lipinski definition) is 1. The van der Waals surface area contributed by atoms with E-state index in [4.69, 9.17) is 0 Å². The SMILES string of the molecule is C=CCC(NC(C)=O)c1ccccc1. The molecule has 14 heavy (non-hydrogen) atoms. The van der Waals surface area contributed by atoms with E-state index in [-0.39, 0.29) is 11.9 Å².